The third kappa shape index (κ3) is 1.01. The second-order valence-electron chi connectivity index (χ2n) is 2.16. The maximum Gasteiger partial charge on any atom is 0.307 e. The monoisotopic (exact) mass is 163 g/mol. The molecule has 0 spiro atoms. The van der Waals surface area contributed by atoms with E-state index in [1.165, 1.54) is 24.9 Å². The van der Waals surface area contributed by atoms with Gasteiger partial charge in [-0.1, -0.05) is 0 Å². The van der Waals surface area contributed by atoms with Gasteiger partial charge in [-0.3, -0.25) is 9.79 Å². The minimum absolute atomic E-state index is 0.225. The number of nitrogens with one attached hydrogen (secondary N) is 1. The van der Waals surface area contributed by atoms with Crippen molar-refractivity contribution in [1.29, 1.82) is 0 Å². The minimum atomic E-state index is -0.356. The molecule has 12 heavy (non-hydrogen) atoms. The number of ether oxygens (including phenoxy) is 1. The van der Waals surface area contributed by atoms with Crippen molar-refractivity contribution in [3.05, 3.63) is 34.6 Å². The number of H-pyrrole nitrogens is 1. The Bertz CT molecular complexity index is 405. The molecule has 1 aromatic rings. The molecule has 0 saturated heterocycles. The topological polar surface area (TPSA) is 67.3 Å². The molecule has 60 valence electrons. The van der Waals surface area contributed by atoms with Crippen LogP contribution >= 0.6 is 0 Å². The number of hydrogen-bond acceptors (Lipinski definition) is 4. The van der Waals surface area contributed by atoms with E-state index in [2.05, 4.69) is 15.2 Å². The van der Waals surface area contributed by atoms with Crippen LogP contribution in [-0.4, -0.2) is 16.4 Å². The summed E-state index contributed by atoms with van der Waals surface area (Å²) in [6, 6.07) is 0. The normalized spacial score (nSPS) is 13.3. The summed E-state index contributed by atoms with van der Waals surface area (Å²) in [4.78, 5) is 14.9. The number of fused-ring (bicyclic) bond motifs is 1. The van der Waals surface area contributed by atoms with Gasteiger partial charge in [0.2, 0.25) is 5.75 Å². The van der Waals surface area contributed by atoms with Gasteiger partial charge in [0.1, 0.15) is 6.26 Å². The Morgan fingerprint density at radius 3 is 3.33 bits per heavy atom. The molecule has 0 aliphatic carbocycles. The summed E-state index contributed by atoms with van der Waals surface area (Å²) in [5, 5.41) is 5.86. The fourth-order valence-corrected chi connectivity index (χ4v) is 0.871. The first-order chi connectivity index (χ1) is 5.88. The summed E-state index contributed by atoms with van der Waals surface area (Å²) in [7, 11) is 0. The van der Waals surface area contributed by atoms with Gasteiger partial charge in [-0.15, -0.1) is 0 Å². The fraction of sp³-hybridized carbons (Fsp3) is 0. The lowest BCUT2D eigenvalue weighted by molar-refractivity contribution is 0.470. The zero-order valence-electron chi connectivity index (χ0n) is 6.02. The van der Waals surface area contributed by atoms with Gasteiger partial charge >= 0.3 is 5.56 Å². The van der Waals surface area contributed by atoms with Crippen molar-refractivity contribution in [1.82, 2.24) is 10.2 Å². The molecule has 0 amide bonds. The number of nitrogens with zero attached hydrogens (tertiary/aromatic N) is 2. The summed E-state index contributed by atoms with van der Waals surface area (Å²) in [6.07, 6.45) is 5.80. The van der Waals surface area contributed by atoms with Crippen LogP contribution in [0, 0.1) is 0 Å². The molecule has 0 saturated carbocycles. The maximum absolute atomic E-state index is 11.1. The molecule has 1 aliphatic rings. The lowest BCUT2D eigenvalue weighted by atomic mass is 10.3. The van der Waals surface area contributed by atoms with Crippen LogP contribution in [0.1, 0.15) is 5.56 Å². The van der Waals surface area contributed by atoms with Gasteiger partial charge in [0, 0.05) is 6.21 Å². The SMILES string of the molecule is O=c1[nH]ncc2c1OC=CN=C2. The Morgan fingerprint density at radius 1 is 1.50 bits per heavy atom. The van der Waals surface area contributed by atoms with Crippen LogP contribution in [0.4, 0.5) is 0 Å². The van der Waals surface area contributed by atoms with Gasteiger partial charge in [-0.05, 0) is 0 Å². The van der Waals surface area contributed by atoms with E-state index < -0.39 is 0 Å². The summed E-state index contributed by atoms with van der Waals surface area (Å²) >= 11 is 0. The van der Waals surface area contributed by atoms with Crippen molar-refractivity contribution in [3.63, 3.8) is 0 Å². The molecule has 0 atom stereocenters. The van der Waals surface area contributed by atoms with Gasteiger partial charge in [0.05, 0.1) is 18.0 Å². The average molecular weight is 163 g/mol. The first-order valence-corrected chi connectivity index (χ1v) is 3.30. The van der Waals surface area contributed by atoms with Gasteiger partial charge in [-0.2, -0.15) is 5.10 Å². The van der Waals surface area contributed by atoms with E-state index in [-0.39, 0.29) is 11.3 Å². The molecule has 1 aliphatic heterocycles. The van der Waals surface area contributed by atoms with E-state index in [9.17, 15) is 4.79 Å². The predicted octanol–water partition coefficient (Wildman–Crippen LogP) is 0.0524. The third-order valence-corrected chi connectivity index (χ3v) is 1.38. The van der Waals surface area contributed by atoms with Crippen LogP contribution in [0.15, 0.2) is 28.4 Å². The lowest BCUT2D eigenvalue weighted by Crippen LogP contribution is -2.12. The minimum Gasteiger partial charge on any atom is -0.457 e. The highest BCUT2D eigenvalue weighted by molar-refractivity contribution is 5.83. The maximum atomic E-state index is 11.1. The quantitative estimate of drug-likeness (QED) is 0.587. The molecule has 0 radical (unpaired) electrons. The van der Waals surface area contributed by atoms with Crippen LogP contribution in [-0.2, 0) is 0 Å². The van der Waals surface area contributed by atoms with Gasteiger partial charge < -0.3 is 4.74 Å². The number of aromatic nitrogens is 2. The Labute approximate surface area is 67.4 Å². The first kappa shape index (κ1) is 6.78. The molecule has 0 aromatic carbocycles. The second-order valence-corrected chi connectivity index (χ2v) is 2.16. The van der Waals surface area contributed by atoms with Crippen LogP contribution in [0.3, 0.4) is 0 Å². The van der Waals surface area contributed by atoms with E-state index >= 15 is 0 Å². The van der Waals surface area contributed by atoms with Crippen LogP contribution in [0.2, 0.25) is 0 Å². The highest BCUT2D eigenvalue weighted by Gasteiger charge is 2.06. The molecule has 1 aromatic heterocycles. The molecule has 5 heteroatoms. The summed E-state index contributed by atoms with van der Waals surface area (Å²) in [5.41, 5.74) is 0.217. The van der Waals surface area contributed by atoms with Crippen molar-refractivity contribution in [2.24, 2.45) is 4.99 Å². The molecule has 2 rings (SSSR count). The highest BCUT2D eigenvalue weighted by atomic mass is 16.5. The van der Waals surface area contributed by atoms with Crippen LogP contribution in [0.25, 0.3) is 0 Å². The standard InChI is InChI=1S/C7H5N3O2/c11-7-6-5(4-9-10-7)3-8-1-2-12-6/h1-4H,(H,10,11). The zero-order chi connectivity index (χ0) is 8.39. The van der Waals surface area contributed by atoms with Gasteiger partial charge in [0.25, 0.3) is 0 Å². The number of rotatable bonds is 0. The van der Waals surface area contributed by atoms with Crippen molar-refractivity contribution in [2.75, 3.05) is 0 Å². The average Bonchev–Trinajstić information content (AvgIpc) is 2.30. The zero-order valence-corrected chi connectivity index (χ0v) is 6.02. The van der Waals surface area contributed by atoms with Gasteiger partial charge in [-0.25, -0.2) is 5.10 Å². The Hall–Kier alpha value is -1.91. The molecular formula is C7H5N3O2. The van der Waals surface area contributed by atoms with Crippen molar-refractivity contribution in [3.8, 4) is 5.75 Å². The molecule has 5 nitrogen and oxygen atoms in total. The van der Waals surface area contributed by atoms with Gasteiger partial charge in [0.15, 0.2) is 0 Å². The second kappa shape index (κ2) is 2.61. The summed E-state index contributed by atoms with van der Waals surface area (Å²) in [6.45, 7) is 0. The molecule has 0 bridgehead atoms. The Kier molecular flexibility index (Phi) is 1.48. The molecule has 2 heterocycles. The Morgan fingerprint density at radius 2 is 2.42 bits per heavy atom. The molecule has 1 N–H and O–H groups in total. The van der Waals surface area contributed by atoms with Crippen LogP contribution in [0.5, 0.6) is 5.75 Å². The van der Waals surface area contributed by atoms with Crippen LogP contribution < -0.4 is 10.3 Å². The Balaban J connectivity index is 2.67. The lowest BCUT2D eigenvalue weighted by Gasteiger charge is -1.98. The van der Waals surface area contributed by atoms with E-state index in [0.29, 0.717) is 5.56 Å². The summed E-state index contributed by atoms with van der Waals surface area (Å²) in [5.74, 6) is 0.225. The number of aromatic amines is 1. The summed E-state index contributed by atoms with van der Waals surface area (Å²) < 4.78 is 4.99. The molecular weight excluding hydrogens is 158 g/mol. The predicted molar refractivity (Wildman–Crippen MR) is 42.2 cm³/mol. The molecule has 0 unspecified atom stereocenters. The number of hydrogen-bond donors (Lipinski definition) is 1. The van der Waals surface area contributed by atoms with E-state index in [1.54, 1.807) is 0 Å². The van der Waals surface area contributed by atoms with E-state index in [4.69, 9.17) is 4.74 Å². The van der Waals surface area contributed by atoms with E-state index in [0.717, 1.165) is 0 Å². The van der Waals surface area contributed by atoms with Crippen molar-refractivity contribution in [2.45, 2.75) is 0 Å². The third-order valence-electron chi connectivity index (χ3n) is 1.38. The molecule has 0 fully saturated rings. The first-order valence-electron chi connectivity index (χ1n) is 3.30. The van der Waals surface area contributed by atoms with Crippen molar-refractivity contribution >= 4 is 6.21 Å². The smallest absolute Gasteiger partial charge is 0.307 e. The van der Waals surface area contributed by atoms with Crippen molar-refractivity contribution < 1.29 is 4.74 Å². The number of aliphatic imine (C=N–C) groups is 1. The van der Waals surface area contributed by atoms with E-state index in [1.807, 2.05) is 0 Å². The highest BCUT2D eigenvalue weighted by Crippen LogP contribution is 2.10. The fourth-order valence-electron chi connectivity index (χ4n) is 0.871. The largest absolute Gasteiger partial charge is 0.457 e.